The van der Waals surface area contributed by atoms with Crippen LogP contribution in [0.25, 0.3) is 5.57 Å². The van der Waals surface area contributed by atoms with Gasteiger partial charge in [-0.3, -0.25) is 0 Å². The van der Waals surface area contributed by atoms with Gasteiger partial charge in [-0.1, -0.05) is 18.2 Å². The van der Waals surface area contributed by atoms with E-state index in [-0.39, 0.29) is 5.75 Å². The molecule has 0 saturated heterocycles. The van der Waals surface area contributed by atoms with Gasteiger partial charge in [0.05, 0.1) is 12.5 Å². The molecule has 1 N–H and O–H groups in total. The van der Waals surface area contributed by atoms with Crippen LogP contribution in [0.3, 0.4) is 0 Å². The largest absolute Gasteiger partial charge is 0.507 e. The van der Waals surface area contributed by atoms with Gasteiger partial charge in [-0.2, -0.15) is 0 Å². The van der Waals surface area contributed by atoms with Crippen LogP contribution in [0.5, 0.6) is 5.75 Å². The van der Waals surface area contributed by atoms with E-state index in [0.29, 0.717) is 0 Å². The maximum absolute atomic E-state index is 10.1. The highest BCUT2D eigenvalue weighted by Crippen LogP contribution is 2.33. The second kappa shape index (κ2) is 4.53. The van der Waals surface area contributed by atoms with Crippen molar-refractivity contribution in [3.63, 3.8) is 0 Å². The quantitative estimate of drug-likeness (QED) is 0.785. The van der Waals surface area contributed by atoms with Crippen LogP contribution in [0.15, 0.2) is 45.4 Å². The van der Waals surface area contributed by atoms with Crippen LogP contribution in [0.4, 0.5) is 0 Å². The Morgan fingerprint density at radius 2 is 2.28 bits per heavy atom. The molecule has 2 aliphatic rings. The van der Waals surface area contributed by atoms with Gasteiger partial charge in [-0.15, -0.1) is 0 Å². The Kier molecular flexibility index (Phi) is 2.88. The summed E-state index contributed by atoms with van der Waals surface area (Å²) in [5.74, 6) is 0.289. The highest BCUT2D eigenvalue weighted by atomic mass is 32.2. The molecular weight excluding hydrogens is 246 g/mol. The number of ether oxygens (including phenoxy) is 1. The molecule has 0 saturated carbocycles. The minimum atomic E-state index is 0.289. The second-order valence-electron chi connectivity index (χ2n) is 4.18. The summed E-state index contributed by atoms with van der Waals surface area (Å²) in [6, 6.07) is 5.44. The van der Waals surface area contributed by atoms with Crippen LogP contribution in [0.1, 0.15) is 12.8 Å². The number of aromatic hydroxyl groups is 1. The van der Waals surface area contributed by atoms with Gasteiger partial charge in [0.25, 0.3) is 0 Å². The third-order valence-electron chi connectivity index (χ3n) is 3.13. The normalized spacial score (nSPS) is 17.7. The summed E-state index contributed by atoms with van der Waals surface area (Å²) < 4.78 is 9.85. The maximum atomic E-state index is 10.1. The van der Waals surface area contributed by atoms with Crippen molar-refractivity contribution in [2.45, 2.75) is 12.8 Å². The van der Waals surface area contributed by atoms with E-state index in [1.165, 1.54) is 11.9 Å². The maximum Gasteiger partial charge on any atom is 0.182 e. The van der Waals surface area contributed by atoms with E-state index in [1.54, 1.807) is 13.2 Å². The van der Waals surface area contributed by atoms with Gasteiger partial charge in [-0.05, 0) is 30.5 Å². The van der Waals surface area contributed by atoms with Gasteiger partial charge in [0.15, 0.2) is 5.09 Å². The number of phenols is 1. The molecule has 0 fully saturated rings. The predicted octanol–water partition coefficient (Wildman–Crippen LogP) is 2.03. The summed E-state index contributed by atoms with van der Waals surface area (Å²) in [4.78, 5) is 0. The van der Waals surface area contributed by atoms with Crippen molar-refractivity contribution in [2.24, 2.45) is 4.40 Å². The number of hydrogen-bond acceptors (Lipinski definition) is 4. The highest BCUT2D eigenvalue weighted by Gasteiger charge is 2.18. The van der Waals surface area contributed by atoms with E-state index in [0.717, 1.165) is 39.7 Å². The zero-order valence-electron chi connectivity index (χ0n) is 10.0. The van der Waals surface area contributed by atoms with E-state index in [4.69, 9.17) is 4.74 Å². The number of allylic oxidation sites excluding steroid dienone is 3. The van der Waals surface area contributed by atoms with Gasteiger partial charge in [0, 0.05) is 22.7 Å². The molecular formula is C14H13NO2S. The molecule has 1 aliphatic heterocycles. The van der Waals surface area contributed by atoms with Crippen LogP contribution >= 0.6 is 11.9 Å². The van der Waals surface area contributed by atoms with Crippen LogP contribution < -0.4 is 10.6 Å². The molecule has 1 aromatic carbocycles. The number of methoxy groups -OCH3 is 1. The van der Waals surface area contributed by atoms with Crippen LogP contribution in [0.2, 0.25) is 0 Å². The molecule has 0 spiro atoms. The van der Waals surface area contributed by atoms with E-state index in [1.807, 2.05) is 12.1 Å². The Morgan fingerprint density at radius 3 is 3.11 bits per heavy atom. The lowest BCUT2D eigenvalue weighted by molar-refractivity contribution is 0.323. The molecule has 4 heteroatoms. The minimum absolute atomic E-state index is 0.289. The monoisotopic (exact) mass is 259 g/mol. The standard InChI is InChI=1S/C14H13NO2S/c1-17-14-10-6-3-2-5-9(10)13-11(15-18-14)7-4-8-12(13)16/h3-4,6-8,16H,2,5H2,1H3. The first kappa shape index (κ1) is 11.4. The summed E-state index contributed by atoms with van der Waals surface area (Å²) >= 11 is 1.32. The van der Waals surface area contributed by atoms with Gasteiger partial charge in [-0.25, -0.2) is 4.40 Å². The first-order chi connectivity index (χ1) is 8.81. The number of nitrogens with zero attached hydrogens (tertiary/aromatic N) is 1. The molecule has 0 radical (unpaired) electrons. The molecule has 0 bridgehead atoms. The number of fused-ring (bicyclic) bond motifs is 2. The molecule has 92 valence electrons. The molecule has 3 nitrogen and oxygen atoms in total. The van der Waals surface area contributed by atoms with Crippen molar-refractivity contribution in [3.05, 3.63) is 51.6 Å². The van der Waals surface area contributed by atoms with Crippen molar-refractivity contribution in [1.82, 2.24) is 0 Å². The minimum Gasteiger partial charge on any atom is -0.507 e. The fourth-order valence-electron chi connectivity index (χ4n) is 2.32. The summed E-state index contributed by atoms with van der Waals surface area (Å²) in [6.07, 6.45) is 6.07. The molecule has 1 aliphatic carbocycles. The SMILES string of the molecule is COC1=C2C=CCCC2=c2c(O)cccc2=NS1. The lowest BCUT2D eigenvalue weighted by atomic mass is 9.93. The topological polar surface area (TPSA) is 41.8 Å². The Hall–Kier alpha value is -1.68. The first-order valence-electron chi connectivity index (χ1n) is 5.82. The number of phenolic OH excluding ortho intramolecular Hbond substituents is 1. The first-order valence-corrected chi connectivity index (χ1v) is 6.60. The summed E-state index contributed by atoms with van der Waals surface area (Å²) in [5.41, 5.74) is 2.16. The van der Waals surface area contributed by atoms with Crippen molar-refractivity contribution >= 4 is 17.5 Å². The van der Waals surface area contributed by atoms with Gasteiger partial charge < -0.3 is 9.84 Å². The average molecular weight is 259 g/mol. The Labute approximate surface area is 109 Å². The van der Waals surface area contributed by atoms with E-state index in [2.05, 4.69) is 16.5 Å². The zero-order valence-corrected chi connectivity index (χ0v) is 10.8. The number of rotatable bonds is 1. The molecule has 18 heavy (non-hydrogen) atoms. The van der Waals surface area contributed by atoms with Crippen LogP contribution in [0, 0.1) is 0 Å². The summed E-state index contributed by atoms with van der Waals surface area (Å²) in [7, 11) is 1.65. The van der Waals surface area contributed by atoms with E-state index in [9.17, 15) is 5.11 Å². The van der Waals surface area contributed by atoms with Crippen LogP contribution in [-0.4, -0.2) is 12.2 Å². The highest BCUT2D eigenvalue weighted by molar-refractivity contribution is 8.01. The third-order valence-corrected chi connectivity index (χ3v) is 3.97. The van der Waals surface area contributed by atoms with Gasteiger partial charge in [0.1, 0.15) is 5.75 Å². The van der Waals surface area contributed by atoms with E-state index >= 15 is 0 Å². The number of hydrogen-bond donors (Lipinski definition) is 1. The Balaban J connectivity index is 2.44. The van der Waals surface area contributed by atoms with Crippen molar-refractivity contribution < 1.29 is 9.84 Å². The Bertz CT molecular complexity index is 674. The van der Waals surface area contributed by atoms with Crippen molar-refractivity contribution in [1.29, 1.82) is 0 Å². The fraction of sp³-hybridized carbons (Fsp3) is 0.214. The summed E-state index contributed by atoms with van der Waals surface area (Å²) in [5, 5.41) is 12.5. The molecule has 0 unspecified atom stereocenters. The number of benzene rings is 1. The van der Waals surface area contributed by atoms with Gasteiger partial charge in [0.2, 0.25) is 0 Å². The molecule has 1 aromatic rings. The lowest BCUT2D eigenvalue weighted by Gasteiger charge is -2.14. The molecule has 3 rings (SSSR count). The van der Waals surface area contributed by atoms with Gasteiger partial charge >= 0.3 is 0 Å². The smallest absolute Gasteiger partial charge is 0.182 e. The van der Waals surface area contributed by atoms with Crippen LogP contribution in [-0.2, 0) is 4.74 Å². The fourth-order valence-corrected chi connectivity index (χ4v) is 3.01. The molecule has 0 atom stereocenters. The predicted molar refractivity (Wildman–Crippen MR) is 72.3 cm³/mol. The Morgan fingerprint density at radius 1 is 1.39 bits per heavy atom. The molecule has 0 amide bonds. The lowest BCUT2D eigenvalue weighted by Crippen LogP contribution is -2.27. The average Bonchev–Trinajstić information content (AvgIpc) is 2.56. The third kappa shape index (κ3) is 1.73. The van der Waals surface area contributed by atoms with Crippen molar-refractivity contribution in [2.75, 3.05) is 7.11 Å². The molecule has 1 heterocycles. The van der Waals surface area contributed by atoms with Crippen molar-refractivity contribution in [3.8, 4) is 5.75 Å². The summed E-state index contributed by atoms with van der Waals surface area (Å²) in [6.45, 7) is 0. The zero-order chi connectivity index (χ0) is 12.5. The molecule has 0 aromatic heterocycles. The second-order valence-corrected chi connectivity index (χ2v) is 4.91. The van der Waals surface area contributed by atoms with E-state index < -0.39 is 0 Å².